The van der Waals surface area contributed by atoms with Crippen LogP contribution in [0, 0.1) is 12.8 Å². The Kier molecular flexibility index (Phi) is 6.67. The summed E-state index contributed by atoms with van der Waals surface area (Å²) < 4.78 is 5.09. The Morgan fingerprint density at radius 2 is 1.83 bits per heavy atom. The number of rotatable bonds is 5. The summed E-state index contributed by atoms with van der Waals surface area (Å²) in [5, 5.41) is 3.90. The topological polar surface area (TPSA) is 75.7 Å². The van der Waals surface area contributed by atoms with Gasteiger partial charge in [-0.05, 0) is 42.8 Å². The highest BCUT2D eigenvalue weighted by Gasteiger charge is 2.37. The Bertz CT molecular complexity index is 980. The van der Waals surface area contributed by atoms with Crippen molar-refractivity contribution in [2.24, 2.45) is 5.92 Å². The molecule has 1 atom stereocenters. The molecule has 9 heteroatoms. The van der Waals surface area contributed by atoms with Gasteiger partial charge in [0, 0.05) is 28.7 Å². The first kappa shape index (κ1) is 21.4. The number of aryl methyl sites for hydroxylation is 1. The minimum Gasteiger partial charge on any atom is -0.455 e. The fourth-order valence-electron chi connectivity index (χ4n) is 2.96. The number of anilines is 2. The summed E-state index contributed by atoms with van der Waals surface area (Å²) in [6.07, 6.45) is -0.0311. The molecule has 1 N–H and O–H groups in total. The van der Waals surface area contributed by atoms with E-state index in [9.17, 15) is 14.4 Å². The summed E-state index contributed by atoms with van der Waals surface area (Å²) in [4.78, 5) is 38.1. The number of halogens is 3. The van der Waals surface area contributed by atoms with Gasteiger partial charge in [0.15, 0.2) is 6.61 Å². The SMILES string of the molecule is Cc1ccc(Cl)cc1NC(=O)COC(=O)[C@H]1CC(=O)N(c2cc(Cl)ccc2Cl)C1. The molecule has 2 aromatic carbocycles. The minimum atomic E-state index is -0.696. The number of esters is 1. The Balaban J connectivity index is 1.57. The van der Waals surface area contributed by atoms with E-state index in [1.807, 2.05) is 6.92 Å². The second kappa shape index (κ2) is 9.03. The lowest BCUT2D eigenvalue weighted by Crippen LogP contribution is -2.28. The minimum absolute atomic E-state index is 0.0311. The molecule has 1 fully saturated rings. The normalized spacial score (nSPS) is 16.1. The first-order valence-corrected chi connectivity index (χ1v) is 9.86. The van der Waals surface area contributed by atoms with Gasteiger partial charge in [-0.1, -0.05) is 40.9 Å². The zero-order valence-corrected chi connectivity index (χ0v) is 17.6. The molecular formula is C20H17Cl3N2O4. The maximum atomic E-state index is 12.3. The van der Waals surface area contributed by atoms with Gasteiger partial charge in [-0.2, -0.15) is 0 Å². The summed E-state index contributed by atoms with van der Waals surface area (Å²) in [6, 6.07) is 9.85. The van der Waals surface area contributed by atoms with Crippen LogP contribution in [-0.4, -0.2) is 30.9 Å². The van der Waals surface area contributed by atoms with Gasteiger partial charge in [0.25, 0.3) is 5.91 Å². The zero-order chi connectivity index (χ0) is 21.1. The third-order valence-electron chi connectivity index (χ3n) is 4.48. The summed E-state index contributed by atoms with van der Waals surface area (Å²) in [5.41, 5.74) is 1.80. The van der Waals surface area contributed by atoms with E-state index in [-0.39, 0.29) is 18.9 Å². The third kappa shape index (κ3) is 5.21. The molecule has 0 bridgehead atoms. The number of amides is 2. The zero-order valence-electron chi connectivity index (χ0n) is 15.4. The van der Waals surface area contributed by atoms with Crippen LogP contribution in [0.4, 0.5) is 11.4 Å². The van der Waals surface area contributed by atoms with Crippen molar-refractivity contribution in [2.75, 3.05) is 23.4 Å². The molecule has 0 unspecified atom stereocenters. The summed E-state index contributed by atoms with van der Waals surface area (Å²) in [6.45, 7) is 1.46. The predicted molar refractivity (Wildman–Crippen MR) is 113 cm³/mol. The van der Waals surface area contributed by atoms with Crippen LogP contribution in [0.5, 0.6) is 0 Å². The van der Waals surface area contributed by atoms with E-state index in [0.29, 0.717) is 26.4 Å². The van der Waals surface area contributed by atoms with Crippen molar-refractivity contribution >= 4 is 64.0 Å². The Hall–Kier alpha value is -2.28. The molecule has 0 radical (unpaired) electrons. The smallest absolute Gasteiger partial charge is 0.311 e. The van der Waals surface area contributed by atoms with Gasteiger partial charge in [-0.3, -0.25) is 14.4 Å². The monoisotopic (exact) mass is 454 g/mol. The van der Waals surface area contributed by atoms with Gasteiger partial charge < -0.3 is 15.0 Å². The Labute approximate surface area is 182 Å². The quantitative estimate of drug-likeness (QED) is 0.674. The van der Waals surface area contributed by atoms with Crippen molar-refractivity contribution in [3.8, 4) is 0 Å². The van der Waals surface area contributed by atoms with Gasteiger partial charge in [0.2, 0.25) is 5.91 Å². The largest absolute Gasteiger partial charge is 0.455 e. The maximum Gasteiger partial charge on any atom is 0.311 e. The third-order valence-corrected chi connectivity index (χ3v) is 5.27. The van der Waals surface area contributed by atoms with Crippen LogP contribution in [0.25, 0.3) is 0 Å². The maximum absolute atomic E-state index is 12.3. The van der Waals surface area contributed by atoms with E-state index in [0.717, 1.165) is 5.56 Å². The van der Waals surface area contributed by atoms with Crippen LogP contribution in [0.2, 0.25) is 15.1 Å². The highest BCUT2D eigenvalue weighted by molar-refractivity contribution is 6.36. The summed E-state index contributed by atoms with van der Waals surface area (Å²) in [7, 11) is 0. The molecule has 2 amide bonds. The van der Waals surface area contributed by atoms with E-state index in [4.69, 9.17) is 39.5 Å². The number of nitrogens with one attached hydrogen (secondary N) is 1. The molecule has 29 heavy (non-hydrogen) atoms. The molecule has 152 valence electrons. The van der Waals surface area contributed by atoms with Crippen molar-refractivity contribution < 1.29 is 19.1 Å². The number of ether oxygens (including phenoxy) is 1. The highest BCUT2D eigenvalue weighted by atomic mass is 35.5. The van der Waals surface area contributed by atoms with Gasteiger partial charge in [0.1, 0.15) is 0 Å². The lowest BCUT2D eigenvalue weighted by atomic mass is 10.1. The van der Waals surface area contributed by atoms with Gasteiger partial charge in [-0.25, -0.2) is 0 Å². The average molecular weight is 456 g/mol. The predicted octanol–water partition coefficient (Wildman–Crippen LogP) is 4.49. The van der Waals surface area contributed by atoms with E-state index < -0.39 is 24.4 Å². The van der Waals surface area contributed by atoms with Crippen LogP contribution >= 0.6 is 34.8 Å². The van der Waals surface area contributed by atoms with Crippen LogP contribution in [0.1, 0.15) is 12.0 Å². The number of benzene rings is 2. The number of carbonyl (C=O) groups is 3. The first-order valence-electron chi connectivity index (χ1n) is 8.72. The van der Waals surface area contributed by atoms with E-state index in [2.05, 4.69) is 5.32 Å². The molecule has 1 heterocycles. The van der Waals surface area contributed by atoms with Crippen molar-refractivity contribution in [3.05, 3.63) is 57.0 Å². The van der Waals surface area contributed by atoms with Crippen molar-refractivity contribution in [1.29, 1.82) is 0 Å². The lowest BCUT2D eigenvalue weighted by Gasteiger charge is -2.18. The number of nitrogens with zero attached hydrogens (tertiary/aromatic N) is 1. The van der Waals surface area contributed by atoms with Crippen LogP contribution in [-0.2, 0) is 19.1 Å². The molecule has 1 aliphatic rings. The van der Waals surface area contributed by atoms with Crippen molar-refractivity contribution in [3.63, 3.8) is 0 Å². The van der Waals surface area contributed by atoms with Gasteiger partial charge >= 0.3 is 5.97 Å². The van der Waals surface area contributed by atoms with Crippen LogP contribution in [0.15, 0.2) is 36.4 Å². The van der Waals surface area contributed by atoms with Crippen LogP contribution in [0.3, 0.4) is 0 Å². The van der Waals surface area contributed by atoms with E-state index in [1.54, 1.807) is 36.4 Å². The molecular weight excluding hydrogens is 439 g/mol. The van der Waals surface area contributed by atoms with E-state index in [1.165, 1.54) is 4.90 Å². The molecule has 1 aliphatic heterocycles. The van der Waals surface area contributed by atoms with Crippen LogP contribution < -0.4 is 10.2 Å². The molecule has 1 saturated heterocycles. The second-order valence-electron chi connectivity index (χ2n) is 6.62. The lowest BCUT2D eigenvalue weighted by molar-refractivity contribution is -0.151. The van der Waals surface area contributed by atoms with Gasteiger partial charge in [0.05, 0.1) is 16.6 Å². The second-order valence-corrected chi connectivity index (χ2v) is 7.90. The molecule has 0 spiro atoms. The number of carbonyl (C=O) groups excluding carboxylic acids is 3. The fraction of sp³-hybridized carbons (Fsp3) is 0.250. The standard InChI is InChI=1S/C20H17Cl3N2O4/c1-11-2-3-13(21)7-16(11)24-18(26)10-29-20(28)12-6-19(27)25(9-12)17-8-14(22)4-5-15(17)23/h2-5,7-8,12H,6,9-10H2,1H3,(H,24,26)/t12-/m0/s1. The van der Waals surface area contributed by atoms with Crippen molar-refractivity contribution in [2.45, 2.75) is 13.3 Å². The number of hydrogen-bond donors (Lipinski definition) is 1. The number of hydrogen-bond acceptors (Lipinski definition) is 4. The molecule has 2 aromatic rings. The highest BCUT2D eigenvalue weighted by Crippen LogP contribution is 2.33. The van der Waals surface area contributed by atoms with Gasteiger partial charge in [-0.15, -0.1) is 0 Å². The molecule has 6 nitrogen and oxygen atoms in total. The average Bonchev–Trinajstić information content (AvgIpc) is 3.06. The summed E-state index contributed by atoms with van der Waals surface area (Å²) in [5.74, 6) is -2.09. The van der Waals surface area contributed by atoms with E-state index >= 15 is 0 Å². The molecule has 0 aliphatic carbocycles. The molecule has 3 rings (SSSR count). The Morgan fingerprint density at radius 1 is 1.14 bits per heavy atom. The Morgan fingerprint density at radius 3 is 2.59 bits per heavy atom. The summed E-state index contributed by atoms with van der Waals surface area (Å²) >= 11 is 18.0. The molecule has 0 saturated carbocycles. The fourth-order valence-corrected chi connectivity index (χ4v) is 3.52. The molecule has 0 aromatic heterocycles. The first-order chi connectivity index (χ1) is 13.7. The van der Waals surface area contributed by atoms with Crippen molar-refractivity contribution in [1.82, 2.24) is 0 Å².